The van der Waals surface area contributed by atoms with Gasteiger partial charge in [0.25, 0.3) is 0 Å². The summed E-state index contributed by atoms with van der Waals surface area (Å²) in [6.07, 6.45) is 4.75. The van der Waals surface area contributed by atoms with E-state index in [2.05, 4.69) is 33.0 Å². The minimum Gasteiger partial charge on any atom is -0.302 e. The molecule has 1 aliphatic carbocycles. The lowest BCUT2D eigenvalue weighted by atomic mass is 9.96. The third-order valence-corrected chi connectivity index (χ3v) is 7.12. The van der Waals surface area contributed by atoms with Crippen LogP contribution in [-0.2, 0) is 21.8 Å². The van der Waals surface area contributed by atoms with E-state index in [0.717, 1.165) is 36.4 Å². The lowest BCUT2D eigenvalue weighted by Crippen LogP contribution is -2.53. The molecular formula is C15H26N2O2S2. The van der Waals surface area contributed by atoms with Gasteiger partial charge >= 0.3 is 0 Å². The first-order valence-corrected chi connectivity index (χ1v) is 10.4. The maximum Gasteiger partial charge on any atom is 0.152 e. The zero-order valence-electron chi connectivity index (χ0n) is 13.6. The van der Waals surface area contributed by atoms with Crippen LogP contribution in [-0.4, -0.2) is 30.9 Å². The van der Waals surface area contributed by atoms with E-state index in [4.69, 9.17) is 4.98 Å². The molecule has 2 unspecified atom stereocenters. The highest BCUT2D eigenvalue weighted by molar-refractivity contribution is 7.91. The molecule has 1 aromatic rings. The minimum atomic E-state index is -3.11. The van der Waals surface area contributed by atoms with Crippen LogP contribution in [0.2, 0.25) is 0 Å². The lowest BCUT2D eigenvalue weighted by molar-refractivity contribution is 0.311. The summed E-state index contributed by atoms with van der Waals surface area (Å²) in [5, 5.41) is 4.15. The molecule has 4 nitrogen and oxygen atoms in total. The summed E-state index contributed by atoms with van der Waals surface area (Å²) in [5.41, 5.74) is 0.587. The zero-order chi connectivity index (χ0) is 15.8. The van der Waals surface area contributed by atoms with Crippen molar-refractivity contribution in [1.29, 1.82) is 0 Å². The van der Waals surface area contributed by atoms with Crippen LogP contribution in [0.25, 0.3) is 0 Å². The van der Waals surface area contributed by atoms with E-state index in [1.54, 1.807) is 11.3 Å². The van der Waals surface area contributed by atoms with Crippen LogP contribution in [0.4, 0.5) is 0 Å². The molecule has 1 aromatic heterocycles. The summed E-state index contributed by atoms with van der Waals surface area (Å²) in [5.74, 6) is 0. The number of aryl methyl sites for hydroxylation is 2. The summed E-state index contributed by atoms with van der Waals surface area (Å²) >= 11 is 1.66. The Kier molecular flexibility index (Phi) is 4.81. The number of aromatic nitrogens is 1. The van der Waals surface area contributed by atoms with Crippen molar-refractivity contribution in [2.45, 2.75) is 70.2 Å². The van der Waals surface area contributed by atoms with Gasteiger partial charge in [-0.3, -0.25) is 0 Å². The highest BCUT2D eigenvalue weighted by atomic mass is 32.2. The molecule has 1 saturated carbocycles. The summed E-state index contributed by atoms with van der Waals surface area (Å²) in [4.78, 5) is 6.00. The van der Waals surface area contributed by atoms with Crippen molar-refractivity contribution < 1.29 is 8.42 Å². The van der Waals surface area contributed by atoms with Gasteiger partial charge in [-0.25, -0.2) is 13.4 Å². The molecule has 0 saturated heterocycles. The standard InChI is InChI=1S/C15H26N2O2S2/c1-6-12-11(4)20-14(16-12)15(17-10(2)3)9-7-8-13(15)21(5,18)19/h10,13,17H,6-9H2,1-5H3. The Morgan fingerprint density at radius 1 is 1.48 bits per heavy atom. The molecule has 0 radical (unpaired) electrons. The average molecular weight is 331 g/mol. The quantitative estimate of drug-likeness (QED) is 0.902. The van der Waals surface area contributed by atoms with Crippen molar-refractivity contribution in [2.75, 3.05) is 6.26 Å². The van der Waals surface area contributed by atoms with Gasteiger partial charge in [0.1, 0.15) is 5.01 Å². The molecular weight excluding hydrogens is 304 g/mol. The second-order valence-corrected chi connectivity index (χ2v) is 9.79. The fraction of sp³-hybridized carbons (Fsp3) is 0.800. The fourth-order valence-electron chi connectivity index (χ4n) is 3.49. The Balaban J connectivity index is 2.56. The molecule has 1 fully saturated rings. The molecule has 0 bridgehead atoms. The van der Waals surface area contributed by atoms with Crippen molar-refractivity contribution in [3.05, 3.63) is 15.6 Å². The molecule has 2 rings (SSSR count). The highest BCUT2D eigenvalue weighted by Gasteiger charge is 2.51. The Morgan fingerprint density at radius 2 is 2.14 bits per heavy atom. The largest absolute Gasteiger partial charge is 0.302 e. The van der Waals surface area contributed by atoms with Gasteiger partial charge in [-0.15, -0.1) is 11.3 Å². The van der Waals surface area contributed by atoms with Crippen LogP contribution < -0.4 is 5.32 Å². The van der Waals surface area contributed by atoms with Crippen molar-refractivity contribution >= 4 is 21.2 Å². The maximum atomic E-state index is 12.3. The van der Waals surface area contributed by atoms with E-state index in [-0.39, 0.29) is 11.3 Å². The third-order valence-electron chi connectivity index (χ3n) is 4.26. The van der Waals surface area contributed by atoms with Gasteiger partial charge in [0.15, 0.2) is 9.84 Å². The maximum absolute atomic E-state index is 12.3. The second kappa shape index (κ2) is 5.97. The molecule has 0 aliphatic heterocycles. The number of thiazole rings is 1. The first kappa shape index (κ1) is 16.9. The monoisotopic (exact) mass is 330 g/mol. The van der Waals surface area contributed by atoms with Gasteiger partial charge in [-0.05, 0) is 46.5 Å². The molecule has 0 spiro atoms. The molecule has 21 heavy (non-hydrogen) atoms. The van der Waals surface area contributed by atoms with Crippen molar-refractivity contribution in [1.82, 2.24) is 10.3 Å². The van der Waals surface area contributed by atoms with Crippen LogP contribution in [0.3, 0.4) is 0 Å². The molecule has 0 aromatic carbocycles. The second-order valence-electron chi connectivity index (χ2n) is 6.36. The SMILES string of the molecule is CCc1nc(C2(NC(C)C)CCCC2S(C)(=O)=O)sc1C. The first-order valence-electron chi connectivity index (χ1n) is 7.64. The molecule has 6 heteroatoms. The Bertz CT molecular complexity index is 607. The lowest BCUT2D eigenvalue weighted by Gasteiger charge is -2.35. The Hall–Kier alpha value is -0.460. The van der Waals surface area contributed by atoms with Crippen LogP contribution >= 0.6 is 11.3 Å². The van der Waals surface area contributed by atoms with Crippen LogP contribution in [0.1, 0.15) is 55.6 Å². The third kappa shape index (κ3) is 3.17. The van der Waals surface area contributed by atoms with E-state index in [0.29, 0.717) is 0 Å². The zero-order valence-corrected chi connectivity index (χ0v) is 15.2. The van der Waals surface area contributed by atoms with Gasteiger partial charge in [-0.1, -0.05) is 6.92 Å². The predicted molar refractivity (Wildman–Crippen MR) is 88.7 cm³/mol. The number of hydrogen-bond acceptors (Lipinski definition) is 5. The van der Waals surface area contributed by atoms with Crippen LogP contribution in [0, 0.1) is 6.92 Å². The minimum absolute atomic E-state index is 0.224. The van der Waals surface area contributed by atoms with E-state index < -0.39 is 15.4 Å². The molecule has 0 amide bonds. The number of hydrogen-bond donors (Lipinski definition) is 1. The first-order chi connectivity index (χ1) is 9.70. The topological polar surface area (TPSA) is 59.1 Å². The molecule has 1 N–H and O–H groups in total. The van der Waals surface area contributed by atoms with E-state index in [1.165, 1.54) is 11.1 Å². The molecule has 120 valence electrons. The van der Waals surface area contributed by atoms with Crippen molar-refractivity contribution in [3.8, 4) is 0 Å². The van der Waals surface area contributed by atoms with Crippen LogP contribution in [0.5, 0.6) is 0 Å². The summed E-state index contributed by atoms with van der Waals surface area (Å²) in [6, 6.07) is 0.224. The average Bonchev–Trinajstić information content (AvgIpc) is 2.92. The number of nitrogens with zero attached hydrogens (tertiary/aromatic N) is 1. The van der Waals surface area contributed by atoms with E-state index in [9.17, 15) is 8.42 Å². The van der Waals surface area contributed by atoms with E-state index in [1.807, 2.05) is 0 Å². The van der Waals surface area contributed by atoms with Gasteiger partial charge in [-0.2, -0.15) is 0 Å². The Morgan fingerprint density at radius 3 is 2.62 bits per heavy atom. The van der Waals surface area contributed by atoms with E-state index >= 15 is 0 Å². The molecule has 1 heterocycles. The summed E-state index contributed by atoms with van der Waals surface area (Å²) in [7, 11) is -3.11. The number of rotatable bonds is 5. The number of nitrogens with one attached hydrogen (secondary N) is 1. The summed E-state index contributed by atoms with van der Waals surface area (Å²) in [6.45, 7) is 8.31. The van der Waals surface area contributed by atoms with Crippen molar-refractivity contribution in [3.63, 3.8) is 0 Å². The number of sulfone groups is 1. The highest BCUT2D eigenvalue weighted by Crippen LogP contribution is 2.44. The fourth-order valence-corrected chi connectivity index (χ4v) is 6.42. The smallest absolute Gasteiger partial charge is 0.152 e. The van der Waals surface area contributed by atoms with Crippen molar-refractivity contribution in [2.24, 2.45) is 0 Å². The van der Waals surface area contributed by atoms with Gasteiger partial charge in [0.05, 0.1) is 16.5 Å². The van der Waals surface area contributed by atoms with Gasteiger partial charge < -0.3 is 5.32 Å². The normalized spacial score (nSPS) is 26.7. The van der Waals surface area contributed by atoms with Gasteiger partial charge in [0, 0.05) is 17.2 Å². The predicted octanol–water partition coefficient (Wildman–Crippen LogP) is 2.80. The van der Waals surface area contributed by atoms with Gasteiger partial charge in [0.2, 0.25) is 0 Å². The molecule has 1 aliphatic rings. The Labute approximate surface area is 132 Å². The van der Waals surface area contributed by atoms with Crippen LogP contribution in [0.15, 0.2) is 0 Å². The molecule has 2 atom stereocenters. The summed E-state index contributed by atoms with van der Waals surface area (Å²) < 4.78 is 24.6.